The van der Waals surface area contributed by atoms with Crippen LogP contribution in [0.4, 0.5) is 0 Å². The van der Waals surface area contributed by atoms with E-state index in [0.717, 1.165) is 12.8 Å². The summed E-state index contributed by atoms with van der Waals surface area (Å²) in [6.07, 6.45) is 2.51. The maximum Gasteiger partial charge on any atom is 0.231 e. The second-order valence-corrected chi connectivity index (χ2v) is 3.10. The van der Waals surface area contributed by atoms with Gasteiger partial charge in [0.1, 0.15) is 0 Å². The van der Waals surface area contributed by atoms with Gasteiger partial charge in [-0.2, -0.15) is 0 Å². The highest BCUT2D eigenvalue weighted by molar-refractivity contribution is 5.76. The van der Waals surface area contributed by atoms with Crippen molar-refractivity contribution in [1.82, 2.24) is 10.6 Å². The largest absolute Gasteiger partial charge is 0.369 e. The second kappa shape index (κ2) is 8.50. The van der Waals surface area contributed by atoms with Gasteiger partial charge in [0.25, 0.3) is 0 Å². The summed E-state index contributed by atoms with van der Waals surface area (Å²) in [6.45, 7) is 3.31. The van der Waals surface area contributed by atoms with E-state index in [1.807, 2.05) is 6.92 Å². The highest BCUT2D eigenvalue weighted by Crippen LogP contribution is 1.92. The zero-order valence-corrected chi connectivity index (χ0v) is 8.64. The maximum absolute atomic E-state index is 11.1. The van der Waals surface area contributed by atoms with Crippen LogP contribution in [0.1, 0.15) is 26.2 Å². The lowest BCUT2D eigenvalue weighted by molar-refractivity contribution is -0.121. The topological polar surface area (TPSA) is 84.2 Å². The van der Waals surface area contributed by atoms with Crippen LogP contribution in [0.5, 0.6) is 0 Å². The Bertz CT molecular complexity index is 183. The summed E-state index contributed by atoms with van der Waals surface area (Å²) in [5.41, 5.74) is 4.91. The number of nitrogens with two attached hydrogens (primary N) is 1. The number of amides is 2. The van der Waals surface area contributed by atoms with Gasteiger partial charge in [0.2, 0.25) is 11.8 Å². The molecule has 0 heterocycles. The molecular formula is C9H19N3O2. The minimum absolute atomic E-state index is 0.0627. The van der Waals surface area contributed by atoms with Crippen molar-refractivity contribution in [3.8, 4) is 0 Å². The van der Waals surface area contributed by atoms with Crippen LogP contribution in [0.3, 0.4) is 0 Å². The van der Waals surface area contributed by atoms with Crippen LogP contribution in [-0.4, -0.2) is 31.4 Å². The van der Waals surface area contributed by atoms with Crippen LogP contribution >= 0.6 is 0 Å². The van der Waals surface area contributed by atoms with Crippen LogP contribution in [-0.2, 0) is 9.59 Å². The van der Waals surface area contributed by atoms with Crippen molar-refractivity contribution in [3.05, 3.63) is 0 Å². The van der Waals surface area contributed by atoms with Crippen LogP contribution < -0.4 is 16.4 Å². The van der Waals surface area contributed by atoms with Crippen molar-refractivity contribution in [2.24, 2.45) is 5.73 Å². The van der Waals surface area contributed by atoms with E-state index >= 15 is 0 Å². The van der Waals surface area contributed by atoms with Crippen LogP contribution in [0.2, 0.25) is 0 Å². The molecule has 0 aliphatic carbocycles. The Labute approximate surface area is 84.4 Å². The van der Waals surface area contributed by atoms with E-state index in [9.17, 15) is 9.59 Å². The molecule has 0 bridgehead atoms. The third-order valence-corrected chi connectivity index (χ3v) is 1.68. The SMILES string of the molecule is CCCCC(=O)NCCNCC(N)=O. The number of rotatable bonds is 8. The normalized spacial score (nSPS) is 9.79. The molecule has 0 aliphatic heterocycles. The van der Waals surface area contributed by atoms with E-state index < -0.39 is 0 Å². The molecule has 0 aliphatic rings. The Hall–Kier alpha value is -1.10. The van der Waals surface area contributed by atoms with E-state index in [2.05, 4.69) is 10.6 Å². The molecule has 5 nitrogen and oxygen atoms in total. The predicted octanol–water partition coefficient (Wildman–Crippen LogP) is -0.632. The zero-order valence-electron chi connectivity index (χ0n) is 8.64. The fraction of sp³-hybridized carbons (Fsp3) is 0.778. The summed E-state index contributed by atoms with van der Waals surface area (Å²) in [7, 11) is 0. The molecule has 2 amide bonds. The van der Waals surface area contributed by atoms with Gasteiger partial charge in [-0.1, -0.05) is 13.3 Å². The molecule has 0 unspecified atom stereocenters. The summed E-state index contributed by atoms with van der Waals surface area (Å²) < 4.78 is 0. The molecule has 0 rings (SSSR count). The Kier molecular flexibility index (Phi) is 7.83. The smallest absolute Gasteiger partial charge is 0.231 e. The Morgan fingerprint density at radius 2 is 2.00 bits per heavy atom. The lowest BCUT2D eigenvalue weighted by Crippen LogP contribution is -2.35. The molecule has 5 heteroatoms. The fourth-order valence-electron chi connectivity index (χ4n) is 0.928. The Morgan fingerprint density at radius 3 is 2.57 bits per heavy atom. The maximum atomic E-state index is 11.1. The number of unbranched alkanes of at least 4 members (excludes halogenated alkanes) is 1. The van der Waals surface area contributed by atoms with Gasteiger partial charge in [0.15, 0.2) is 0 Å². The molecule has 0 saturated heterocycles. The molecule has 0 saturated carbocycles. The van der Waals surface area contributed by atoms with Crippen molar-refractivity contribution >= 4 is 11.8 Å². The first-order valence-electron chi connectivity index (χ1n) is 4.92. The van der Waals surface area contributed by atoms with Gasteiger partial charge in [-0.25, -0.2) is 0 Å². The molecular weight excluding hydrogens is 182 g/mol. The van der Waals surface area contributed by atoms with Gasteiger partial charge in [-0.15, -0.1) is 0 Å². The molecule has 0 atom stereocenters. The molecule has 82 valence electrons. The molecule has 0 aromatic rings. The Morgan fingerprint density at radius 1 is 1.29 bits per heavy atom. The highest BCUT2D eigenvalue weighted by atomic mass is 16.2. The van der Waals surface area contributed by atoms with Gasteiger partial charge < -0.3 is 16.4 Å². The van der Waals surface area contributed by atoms with Crippen molar-refractivity contribution in [2.75, 3.05) is 19.6 Å². The minimum Gasteiger partial charge on any atom is -0.369 e. The van der Waals surface area contributed by atoms with Crippen molar-refractivity contribution in [1.29, 1.82) is 0 Å². The standard InChI is InChI=1S/C9H19N3O2/c1-2-3-4-9(14)12-6-5-11-7-8(10)13/h11H,2-7H2,1H3,(H2,10,13)(H,12,14). The van der Waals surface area contributed by atoms with Gasteiger partial charge in [0, 0.05) is 19.5 Å². The molecule has 14 heavy (non-hydrogen) atoms. The minimum atomic E-state index is -0.387. The number of nitrogens with one attached hydrogen (secondary N) is 2. The third-order valence-electron chi connectivity index (χ3n) is 1.68. The molecule has 0 fully saturated rings. The van der Waals surface area contributed by atoms with Crippen LogP contribution in [0.25, 0.3) is 0 Å². The third kappa shape index (κ3) is 8.99. The number of carbonyl (C=O) groups is 2. The number of primary amides is 1. The monoisotopic (exact) mass is 201 g/mol. The summed E-state index contributed by atoms with van der Waals surface area (Å²) in [4.78, 5) is 21.4. The number of hydrogen-bond donors (Lipinski definition) is 3. The number of carbonyl (C=O) groups excluding carboxylic acids is 2. The second-order valence-electron chi connectivity index (χ2n) is 3.10. The van der Waals surface area contributed by atoms with E-state index in [1.54, 1.807) is 0 Å². The van der Waals surface area contributed by atoms with Gasteiger partial charge in [0.05, 0.1) is 6.54 Å². The lowest BCUT2D eigenvalue weighted by Gasteiger charge is -2.04. The van der Waals surface area contributed by atoms with Crippen molar-refractivity contribution in [3.63, 3.8) is 0 Å². The van der Waals surface area contributed by atoms with Gasteiger partial charge in [-0.05, 0) is 6.42 Å². The fourth-order valence-corrected chi connectivity index (χ4v) is 0.928. The van der Waals surface area contributed by atoms with Crippen LogP contribution in [0, 0.1) is 0 Å². The zero-order chi connectivity index (χ0) is 10.8. The summed E-state index contributed by atoms with van der Waals surface area (Å²) >= 11 is 0. The van der Waals surface area contributed by atoms with Crippen molar-refractivity contribution < 1.29 is 9.59 Å². The average Bonchev–Trinajstić information content (AvgIpc) is 2.13. The van der Waals surface area contributed by atoms with E-state index in [0.29, 0.717) is 19.5 Å². The quantitative estimate of drug-likeness (QED) is 0.457. The van der Waals surface area contributed by atoms with Gasteiger partial charge in [-0.3, -0.25) is 9.59 Å². The summed E-state index contributed by atoms with van der Waals surface area (Å²) in [5, 5.41) is 5.54. The molecule has 0 aromatic carbocycles. The number of hydrogen-bond acceptors (Lipinski definition) is 3. The van der Waals surface area contributed by atoms with E-state index in [4.69, 9.17) is 5.73 Å². The van der Waals surface area contributed by atoms with Crippen molar-refractivity contribution in [2.45, 2.75) is 26.2 Å². The first-order chi connectivity index (χ1) is 6.66. The van der Waals surface area contributed by atoms with E-state index in [1.165, 1.54) is 0 Å². The van der Waals surface area contributed by atoms with E-state index in [-0.39, 0.29) is 18.4 Å². The van der Waals surface area contributed by atoms with Gasteiger partial charge >= 0.3 is 0 Å². The Balaban J connectivity index is 3.19. The summed E-state index contributed by atoms with van der Waals surface area (Å²) in [5.74, 6) is -0.324. The molecule has 0 spiro atoms. The molecule has 4 N–H and O–H groups in total. The lowest BCUT2D eigenvalue weighted by atomic mass is 10.2. The first-order valence-corrected chi connectivity index (χ1v) is 4.92. The highest BCUT2D eigenvalue weighted by Gasteiger charge is 1.98. The van der Waals surface area contributed by atoms with Crippen LogP contribution in [0.15, 0.2) is 0 Å². The first kappa shape index (κ1) is 12.9. The molecule has 0 aromatic heterocycles. The summed E-state index contributed by atoms with van der Waals surface area (Å²) in [6, 6.07) is 0. The average molecular weight is 201 g/mol. The molecule has 0 radical (unpaired) electrons. The predicted molar refractivity (Wildman–Crippen MR) is 54.6 cm³/mol.